The number of nitrogens with one attached hydrogen (secondary N) is 1. The largest absolute Gasteiger partial charge is 0.342 e. The van der Waals surface area contributed by atoms with Gasteiger partial charge in [-0.05, 0) is 30.0 Å². The number of aromatic amines is 1. The van der Waals surface area contributed by atoms with Crippen LogP contribution in [0.4, 0.5) is 0 Å². The van der Waals surface area contributed by atoms with Gasteiger partial charge in [0.1, 0.15) is 23.3 Å². The zero-order valence-electron chi connectivity index (χ0n) is 16.6. The fourth-order valence-electron chi connectivity index (χ4n) is 4.10. The van der Waals surface area contributed by atoms with Crippen LogP contribution < -0.4 is 0 Å². The van der Waals surface area contributed by atoms with Gasteiger partial charge in [0.15, 0.2) is 0 Å². The first-order valence-corrected chi connectivity index (χ1v) is 10.2. The number of hydrogen-bond donors (Lipinski definition) is 1. The molecule has 148 valence electrons. The van der Waals surface area contributed by atoms with Gasteiger partial charge in [-0.15, -0.1) is 0 Å². The molecule has 1 fully saturated rings. The van der Waals surface area contributed by atoms with Crippen LogP contribution in [0.3, 0.4) is 0 Å². The predicted octanol–water partition coefficient (Wildman–Crippen LogP) is 4.29. The molecule has 2 atom stereocenters. The van der Waals surface area contributed by atoms with Gasteiger partial charge in [0.2, 0.25) is 0 Å². The predicted molar refractivity (Wildman–Crippen MR) is 114 cm³/mol. The van der Waals surface area contributed by atoms with Crippen molar-refractivity contribution in [3.05, 3.63) is 66.0 Å². The first-order chi connectivity index (χ1) is 14.2. The fourth-order valence-corrected chi connectivity index (χ4v) is 4.10. The molecule has 29 heavy (non-hydrogen) atoms. The number of para-hydroxylation sites is 2. The summed E-state index contributed by atoms with van der Waals surface area (Å²) >= 11 is 0. The van der Waals surface area contributed by atoms with E-state index in [0.29, 0.717) is 32.2 Å². The fraction of sp³-hybridized carbons (Fsp3) is 0.333. The third-order valence-corrected chi connectivity index (χ3v) is 5.60. The van der Waals surface area contributed by atoms with Crippen LogP contribution in [0.2, 0.25) is 0 Å². The number of carbonyl (C=O) groups excluding carboxylic acids is 2. The molecule has 5 heteroatoms. The van der Waals surface area contributed by atoms with Crippen molar-refractivity contribution in [2.75, 3.05) is 6.54 Å². The number of nitrogens with zero attached hydrogens (tertiary/aromatic N) is 2. The smallest absolute Gasteiger partial charge is 0.149 e. The molecule has 0 spiro atoms. The molecule has 1 saturated carbocycles. The highest BCUT2D eigenvalue weighted by Gasteiger charge is 2.37. The SMILES string of the molecule is CCC(=O)[C@H]1C(=O)C[C@@H](c2ccccc2)CC1=NCCc1nc2ccccc2[nH]1. The van der Waals surface area contributed by atoms with Crippen LogP contribution in [0, 0.1) is 5.92 Å². The van der Waals surface area contributed by atoms with Crippen LogP contribution >= 0.6 is 0 Å². The van der Waals surface area contributed by atoms with Crippen LogP contribution in [-0.4, -0.2) is 33.8 Å². The van der Waals surface area contributed by atoms with Gasteiger partial charge in [-0.2, -0.15) is 0 Å². The Labute approximate surface area is 170 Å². The minimum absolute atomic E-state index is 0.000518. The van der Waals surface area contributed by atoms with Crippen LogP contribution in [0.5, 0.6) is 0 Å². The Bertz CT molecular complexity index is 1020. The third-order valence-electron chi connectivity index (χ3n) is 5.60. The molecule has 0 saturated heterocycles. The third kappa shape index (κ3) is 4.19. The Morgan fingerprint density at radius 3 is 2.62 bits per heavy atom. The number of ketones is 2. The lowest BCUT2D eigenvalue weighted by Gasteiger charge is -2.28. The molecule has 1 aromatic heterocycles. The number of Topliss-reactive ketones (excluding diaryl/α,β-unsaturated/α-hetero) is 2. The molecule has 1 heterocycles. The van der Waals surface area contributed by atoms with Crippen molar-refractivity contribution < 1.29 is 9.59 Å². The second kappa shape index (κ2) is 8.52. The van der Waals surface area contributed by atoms with Crippen molar-refractivity contribution in [3.63, 3.8) is 0 Å². The number of H-pyrrole nitrogens is 1. The van der Waals surface area contributed by atoms with E-state index >= 15 is 0 Å². The number of benzene rings is 2. The number of imidazole rings is 1. The van der Waals surface area contributed by atoms with E-state index in [4.69, 9.17) is 4.99 Å². The molecule has 1 N–H and O–H groups in total. The number of rotatable bonds is 6. The second-order valence-electron chi connectivity index (χ2n) is 7.56. The average molecular weight is 387 g/mol. The lowest BCUT2D eigenvalue weighted by molar-refractivity contribution is -0.130. The van der Waals surface area contributed by atoms with Crippen LogP contribution in [-0.2, 0) is 16.0 Å². The van der Waals surface area contributed by atoms with Gasteiger partial charge in [-0.3, -0.25) is 14.6 Å². The number of aliphatic imine (C=N–C) groups is 1. The first kappa shape index (κ1) is 19.2. The molecule has 0 amide bonds. The Hall–Kier alpha value is -3.08. The van der Waals surface area contributed by atoms with Crippen LogP contribution in [0.25, 0.3) is 11.0 Å². The van der Waals surface area contributed by atoms with E-state index in [2.05, 4.69) is 9.97 Å². The highest BCUT2D eigenvalue weighted by Crippen LogP contribution is 2.33. The van der Waals surface area contributed by atoms with Crippen molar-refractivity contribution in [1.29, 1.82) is 0 Å². The van der Waals surface area contributed by atoms with E-state index in [1.54, 1.807) is 0 Å². The van der Waals surface area contributed by atoms with E-state index in [0.717, 1.165) is 28.1 Å². The van der Waals surface area contributed by atoms with E-state index in [9.17, 15) is 9.59 Å². The Kier molecular flexibility index (Phi) is 5.65. The van der Waals surface area contributed by atoms with Gasteiger partial charge in [0.05, 0.1) is 11.0 Å². The molecule has 3 aromatic rings. The Balaban J connectivity index is 1.54. The highest BCUT2D eigenvalue weighted by molar-refractivity contribution is 6.22. The minimum Gasteiger partial charge on any atom is -0.342 e. The van der Waals surface area contributed by atoms with Crippen molar-refractivity contribution in [2.24, 2.45) is 10.9 Å². The normalized spacial score (nSPS) is 21.0. The summed E-state index contributed by atoms with van der Waals surface area (Å²) in [6.07, 6.45) is 2.07. The summed E-state index contributed by atoms with van der Waals surface area (Å²) in [6.45, 7) is 2.32. The van der Waals surface area contributed by atoms with Gasteiger partial charge in [-0.1, -0.05) is 49.4 Å². The molecule has 5 nitrogen and oxygen atoms in total. The van der Waals surface area contributed by atoms with Crippen LogP contribution in [0.1, 0.15) is 43.5 Å². The van der Waals surface area contributed by atoms with Gasteiger partial charge >= 0.3 is 0 Å². The number of carbonyl (C=O) groups is 2. The summed E-state index contributed by atoms with van der Waals surface area (Å²) < 4.78 is 0. The Morgan fingerprint density at radius 2 is 1.86 bits per heavy atom. The first-order valence-electron chi connectivity index (χ1n) is 10.2. The number of fused-ring (bicyclic) bond motifs is 1. The molecule has 0 bridgehead atoms. The van der Waals surface area contributed by atoms with Gasteiger partial charge in [0.25, 0.3) is 0 Å². The van der Waals surface area contributed by atoms with Crippen molar-refractivity contribution in [2.45, 2.75) is 38.5 Å². The van der Waals surface area contributed by atoms with Crippen molar-refractivity contribution in [1.82, 2.24) is 9.97 Å². The molecule has 2 aromatic carbocycles. The molecule has 4 rings (SSSR count). The molecule has 0 unspecified atom stereocenters. The number of hydrogen-bond acceptors (Lipinski definition) is 4. The van der Waals surface area contributed by atoms with Gasteiger partial charge in [-0.25, -0.2) is 4.98 Å². The standard InChI is InChI=1S/C24H25N3O2/c1-2-21(28)24-20(14-17(15-22(24)29)16-8-4-3-5-9-16)25-13-12-23-26-18-10-6-7-11-19(18)27-23/h3-11,17,24H,2,12-15H2,1H3,(H,26,27)/t17-,24-/m0/s1. The monoisotopic (exact) mass is 387 g/mol. The summed E-state index contributed by atoms with van der Waals surface area (Å²) in [4.78, 5) is 37.9. The molecular formula is C24H25N3O2. The maximum absolute atomic E-state index is 12.8. The van der Waals surface area contributed by atoms with E-state index in [-0.39, 0.29) is 17.5 Å². The van der Waals surface area contributed by atoms with E-state index < -0.39 is 5.92 Å². The Morgan fingerprint density at radius 1 is 1.10 bits per heavy atom. The minimum atomic E-state index is -0.671. The summed E-state index contributed by atoms with van der Waals surface area (Å²) in [5.74, 6) is 0.268. The maximum Gasteiger partial charge on any atom is 0.149 e. The van der Waals surface area contributed by atoms with Gasteiger partial charge < -0.3 is 4.98 Å². The molecule has 0 aliphatic heterocycles. The molecule has 0 radical (unpaired) electrons. The zero-order valence-corrected chi connectivity index (χ0v) is 16.6. The molecule has 1 aliphatic carbocycles. The maximum atomic E-state index is 12.8. The lowest BCUT2D eigenvalue weighted by atomic mass is 9.74. The summed E-state index contributed by atoms with van der Waals surface area (Å²) in [5.41, 5.74) is 3.81. The quantitative estimate of drug-likeness (QED) is 0.641. The molecular weight excluding hydrogens is 362 g/mol. The van der Waals surface area contributed by atoms with E-state index in [1.165, 1.54) is 0 Å². The van der Waals surface area contributed by atoms with Crippen molar-refractivity contribution >= 4 is 28.3 Å². The highest BCUT2D eigenvalue weighted by atomic mass is 16.2. The number of aromatic nitrogens is 2. The lowest BCUT2D eigenvalue weighted by Crippen LogP contribution is -2.38. The summed E-state index contributed by atoms with van der Waals surface area (Å²) in [5, 5.41) is 0. The van der Waals surface area contributed by atoms with Gasteiger partial charge in [0, 0.05) is 31.5 Å². The summed E-state index contributed by atoms with van der Waals surface area (Å²) in [6, 6.07) is 18.0. The zero-order chi connectivity index (χ0) is 20.2. The topological polar surface area (TPSA) is 75.2 Å². The van der Waals surface area contributed by atoms with Crippen molar-refractivity contribution in [3.8, 4) is 0 Å². The second-order valence-corrected chi connectivity index (χ2v) is 7.56. The summed E-state index contributed by atoms with van der Waals surface area (Å²) in [7, 11) is 0. The average Bonchev–Trinajstić information content (AvgIpc) is 3.16. The molecule has 1 aliphatic rings. The van der Waals surface area contributed by atoms with Crippen LogP contribution in [0.15, 0.2) is 59.6 Å². The van der Waals surface area contributed by atoms with E-state index in [1.807, 2.05) is 61.5 Å².